The molecule has 13 heteroatoms. The van der Waals surface area contributed by atoms with Gasteiger partial charge in [0.25, 0.3) is 0 Å². The first kappa shape index (κ1) is 46.6. The monoisotopic (exact) mass is 869 g/mol. The number of nitrogens with one attached hydrogen (secondary N) is 1. The first-order valence-corrected chi connectivity index (χ1v) is 23.0. The lowest BCUT2D eigenvalue weighted by molar-refractivity contribution is -0.398. The van der Waals surface area contributed by atoms with Crippen LogP contribution in [0.2, 0.25) is 0 Å². The van der Waals surface area contributed by atoms with Gasteiger partial charge in [0.1, 0.15) is 11.8 Å². The SMILES string of the molecule is CC[C@@H](C(=O)[C@@H](C)[C@@H](O)[C@H](C)[C@@H]1O[C@@H]([C@@H](CC)C(=O)O)CC[C@@H]1C)[C@H]1O[C@]2(C=C[C@@H](NC(=O)CBr)[C@]3(CC[C@@](C)([C@H]4CC[C@](O)(CC)[C@H](C)O4)O3)O2)[C@H](C)C[C@@H]1C. The molecule has 5 aliphatic rings. The third kappa shape index (κ3) is 9.12. The molecule has 4 N–H and O–H groups in total. The predicted molar refractivity (Wildman–Crippen MR) is 218 cm³/mol. The molecule has 0 aromatic heterocycles. The second kappa shape index (κ2) is 18.3. The van der Waals surface area contributed by atoms with Crippen molar-refractivity contribution in [3.05, 3.63) is 12.2 Å². The third-order valence-electron chi connectivity index (χ3n) is 14.9. The van der Waals surface area contributed by atoms with E-state index < -0.39 is 76.8 Å². The highest BCUT2D eigenvalue weighted by Crippen LogP contribution is 2.54. The summed E-state index contributed by atoms with van der Waals surface area (Å²) in [4.78, 5) is 39.4. The summed E-state index contributed by atoms with van der Waals surface area (Å²) in [6.45, 7) is 19.7. The molecule has 0 unspecified atom stereocenters. The van der Waals surface area contributed by atoms with Crippen LogP contribution in [0.15, 0.2) is 12.2 Å². The minimum absolute atomic E-state index is 0.00581. The molecular formula is C44H72BrNO11. The minimum atomic E-state index is -1.29. The molecule has 2 spiro atoms. The van der Waals surface area contributed by atoms with Gasteiger partial charge < -0.3 is 44.3 Å². The summed E-state index contributed by atoms with van der Waals surface area (Å²) in [6.07, 6.45) is 6.70. The molecule has 12 nitrogen and oxygen atoms in total. The van der Waals surface area contributed by atoms with Gasteiger partial charge in [-0.1, -0.05) is 77.4 Å². The number of halogens is 1. The Kier molecular flexibility index (Phi) is 14.9. The number of hydrogen-bond donors (Lipinski definition) is 4. The topological polar surface area (TPSA) is 170 Å². The molecule has 0 aliphatic carbocycles. The van der Waals surface area contributed by atoms with Crippen LogP contribution >= 0.6 is 15.9 Å². The Bertz CT molecular complexity index is 1460. The van der Waals surface area contributed by atoms with Gasteiger partial charge in [0.15, 0.2) is 11.6 Å². The second-order valence-corrected chi connectivity index (χ2v) is 19.2. The van der Waals surface area contributed by atoms with Crippen molar-refractivity contribution in [2.75, 3.05) is 5.33 Å². The van der Waals surface area contributed by atoms with E-state index in [-0.39, 0.29) is 53.1 Å². The van der Waals surface area contributed by atoms with Crippen molar-refractivity contribution in [3.8, 4) is 0 Å². The fourth-order valence-electron chi connectivity index (χ4n) is 10.9. The molecule has 0 bridgehead atoms. The van der Waals surface area contributed by atoms with Crippen molar-refractivity contribution in [1.82, 2.24) is 5.32 Å². The number of amides is 1. The number of carbonyl (C=O) groups excluding carboxylic acids is 2. The minimum Gasteiger partial charge on any atom is -0.481 e. The van der Waals surface area contributed by atoms with Crippen LogP contribution in [0.4, 0.5) is 0 Å². The Hall–Kier alpha value is -1.45. The summed E-state index contributed by atoms with van der Waals surface area (Å²) in [7, 11) is 0. The summed E-state index contributed by atoms with van der Waals surface area (Å²) < 4.78 is 34.2. The van der Waals surface area contributed by atoms with Crippen molar-refractivity contribution >= 4 is 33.6 Å². The number of rotatable bonds is 14. The maximum Gasteiger partial charge on any atom is 0.309 e. The zero-order chi connectivity index (χ0) is 42.2. The molecule has 1 amide bonds. The van der Waals surface area contributed by atoms with Gasteiger partial charge in [-0.25, -0.2) is 0 Å². The standard InChI is InChI=1S/C44H72BrNO11/c1-11-30(40(50)51)32-15-14-24(4)38(54-32)28(8)36(48)27(7)37(49)31(12-2)39-25(5)22-26(6)43(55-39)19-16-33(46-35(47)23-45)44(57-43)21-20-41(10,56-44)34-17-18-42(52,13-3)29(9)53-34/h16,19,24-34,36,38-39,48,52H,11-15,17-18,20-23H2,1-10H3,(H,46,47)(H,50,51)/t24-,25-,26+,27-,28-,29-,30+,31-,32+,33+,34+,36+,38+,39-,41-,42+,43-,44-/m0/s1. The maximum absolute atomic E-state index is 14.6. The van der Waals surface area contributed by atoms with E-state index in [9.17, 15) is 29.7 Å². The van der Waals surface area contributed by atoms with Crippen molar-refractivity contribution in [2.24, 2.45) is 41.4 Å². The highest BCUT2D eigenvalue weighted by atomic mass is 79.9. The predicted octanol–water partition coefficient (Wildman–Crippen LogP) is 6.71. The number of carbonyl (C=O) groups is 3. The van der Waals surface area contributed by atoms with Crippen LogP contribution < -0.4 is 5.32 Å². The number of aliphatic hydroxyl groups is 2. The van der Waals surface area contributed by atoms with Gasteiger partial charge in [0.05, 0.1) is 59.1 Å². The van der Waals surface area contributed by atoms with E-state index in [0.717, 1.165) is 6.42 Å². The smallest absolute Gasteiger partial charge is 0.309 e. The Balaban J connectivity index is 1.37. The lowest BCUT2D eigenvalue weighted by Crippen LogP contribution is -2.65. The van der Waals surface area contributed by atoms with Crippen LogP contribution in [0.25, 0.3) is 0 Å². The normalized spacial score (nSPS) is 43.6. The van der Waals surface area contributed by atoms with Crippen molar-refractivity contribution in [1.29, 1.82) is 0 Å². The molecule has 0 saturated carbocycles. The number of alkyl halides is 1. The van der Waals surface area contributed by atoms with Crippen molar-refractivity contribution < 1.29 is 53.4 Å². The third-order valence-corrected chi connectivity index (χ3v) is 15.4. The van der Waals surface area contributed by atoms with E-state index in [1.807, 2.05) is 53.7 Å². The molecule has 57 heavy (non-hydrogen) atoms. The van der Waals surface area contributed by atoms with Crippen LogP contribution in [-0.4, -0.2) is 104 Å². The van der Waals surface area contributed by atoms with Crippen LogP contribution in [-0.2, 0) is 38.1 Å². The zero-order valence-electron chi connectivity index (χ0n) is 36.0. The first-order chi connectivity index (χ1) is 26.7. The number of ether oxygens (including phenoxy) is 5. The summed E-state index contributed by atoms with van der Waals surface area (Å²) in [5, 5.41) is 36.0. The molecule has 0 aromatic carbocycles. The molecule has 4 fully saturated rings. The summed E-state index contributed by atoms with van der Waals surface area (Å²) in [5.41, 5.74) is -1.67. The molecular weight excluding hydrogens is 798 g/mol. The number of Topliss-reactive ketones (excluding diaryl/α,β-unsaturated/α-hetero) is 1. The Morgan fingerprint density at radius 1 is 0.912 bits per heavy atom. The quantitative estimate of drug-likeness (QED) is 0.108. The van der Waals surface area contributed by atoms with Crippen molar-refractivity contribution in [3.63, 3.8) is 0 Å². The second-order valence-electron chi connectivity index (χ2n) is 18.6. The Morgan fingerprint density at radius 2 is 1.60 bits per heavy atom. The molecule has 326 valence electrons. The van der Waals surface area contributed by atoms with Gasteiger partial charge >= 0.3 is 5.97 Å². The van der Waals surface area contributed by atoms with Gasteiger partial charge in [0.2, 0.25) is 5.91 Å². The van der Waals surface area contributed by atoms with Crippen LogP contribution in [0, 0.1) is 41.4 Å². The highest BCUT2D eigenvalue weighted by molar-refractivity contribution is 9.09. The number of carboxylic acid groups (broad SMARTS) is 1. The van der Waals surface area contributed by atoms with Gasteiger partial charge in [-0.3, -0.25) is 14.4 Å². The summed E-state index contributed by atoms with van der Waals surface area (Å²) >= 11 is 3.29. The van der Waals surface area contributed by atoms with E-state index in [1.54, 1.807) is 6.92 Å². The molecule has 5 aliphatic heterocycles. The summed E-state index contributed by atoms with van der Waals surface area (Å²) in [5.74, 6) is -6.05. The number of aliphatic carboxylic acids is 1. The number of aliphatic hydroxyl groups excluding tert-OH is 1. The van der Waals surface area contributed by atoms with E-state index in [4.69, 9.17) is 23.7 Å². The fourth-order valence-corrected chi connectivity index (χ4v) is 11.0. The molecule has 0 aromatic rings. The Morgan fingerprint density at radius 3 is 2.19 bits per heavy atom. The first-order valence-electron chi connectivity index (χ1n) is 21.8. The van der Waals surface area contributed by atoms with Gasteiger partial charge in [-0.15, -0.1) is 0 Å². The number of hydrogen-bond acceptors (Lipinski definition) is 10. The molecule has 4 saturated heterocycles. The zero-order valence-corrected chi connectivity index (χ0v) is 37.6. The van der Waals surface area contributed by atoms with Crippen molar-refractivity contribution in [2.45, 2.75) is 199 Å². The van der Waals surface area contributed by atoms with Gasteiger partial charge in [-0.05, 0) is 89.5 Å². The Labute approximate surface area is 349 Å². The number of ketones is 1. The average molecular weight is 871 g/mol. The largest absolute Gasteiger partial charge is 0.481 e. The average Bonchev–Trinajstić information content (AvgIpc) is 3.52. The van der Waals surface area contributed by atoms with E-state index in [2.05, 4.69) is 42.0 Å². The number of carboxylic acids is 1. The van der Waals surface area contributed by atoms with Crippen LogP contribution in [0.3, 0.4) is 0 Å². The fraction of sp³-hybridized carbons (Fsp3) is 0.886. The van der Waals surface area contributed by atoms with Crippen LogP contribution in [0.5, 0.6) is 0 Å². The molecule has 18 atom stereocenters. The molecule has 0 radical (unpaired) electrons. The van der Waals surface area contributed by atoms with E-state index in [0.29, 0.717) is 57.8 Å². The lowest BCUT2D eigenvalue weighted by atomic mass is 9.72. The van der Waals surface area contributed by atoms with Crippen LogP contribution in [0.1, 0.15) is 133 Å². The highest BCUT2D eigenvalue weighted by Gasteiger charge is 2.63. The van der Waals surface area contributed by atoms with Gasteiger partial charge in [0, 0.05) is 30.1 Å². The van der Waals surface area contributed by atoms with Gasteiger partial charge in [-0.2, -0.15) is 0 Å². The lowest BCUT2D eigenvalue weighted by Gasteiger charge is -2.55. The molecule has 5 rings (SSSR count). The summed E-state index contributed by atoms with van der Waals surface area (Å²) in [6, 6.07) is -0.621. The van der Waals surface area contributed by atoms with E-state index >= 15 is 0 Å². The van der Waals surface area contributed by atoms with E-state index in [1.165, 1.54) is 0 Å². The molecule has 5 heterocycles. The maximum atomic E-state index is 14.6.